The highest BCUT2D eigenvalue weighted by Gasteiger charge is 2.19. The van der Waals surface area contributed by atoms with Crippen molar-refractivity contribution in [3.63, 3.8) is 0 Å². The Balaban J connectivity index is 2.77. The molecule has 5 heteroatoms. The minimum absolute atomic E-state index is 0.0984. The van der Waals surface area contributed by atoms with Crippen LogP contribution < -0.4 is 4.72 Å². The van der Waals surface area contributed by atoms with E-state index < -0.39 is 21.8 Å². The molecule has 1 aromatic carbocycles. The first-order chi connectivity index (χ1) is 9.25. The molecule has 1 aromatic rings. The summed E-state index contributed by atoms with van der Waals surface area (Å²) in [4.78, 5) is 11.9. The van der Waals surface area contributed by atoms with Crippen LogP contribution in [0.15, 0.2) is 24.3 Å². The number of sulfonamides is 1. The van der Waals surface area contributed by atoms with Crippen LogP contribution in [0.2, 0.25) is 0 Å². The van der Waals surface area contributed by atoms with E-state index in [1.807, 2.05) is 24.3 Å². The average molecular weight is 297 g/mol. The van der Waals surface area contributed by atoms with Gasteiger partial charge in [0.05, 0.1) is 11.7 Å². The molecule has 0 heterocycles. The van der Waals surface area contributed by atoms with Crippen LogP contribution in [0.4, 0.5) is 0 Å². The predicted molar refractivity (Wildman–Crippen MR) is 81.0 cm³/mol. The van der Waals surface area contributed by atoms with Crippen LogP contribution in [0.5, 0.6) is 0 Å². The van der Waals surface area contributed by atoms with Crippen molar-refractivity contribution in [2.45, 2.75) is 40.0 Å². The van der Waals surface area contributed by atoms with E-state index in [9.17, 15) is 13.2 Å². The third kappa shape index (κ3) is 4.96. The maximum Gasteiger partial charge on any atom is 0.240 e. The summed E-state index contributed by atoms with van der Waals surface area (Å²) in [7, 11) is -3.50. The number of rotatable bonds is 6. The number of hydrogen-bond acceptors (Lipinski definition) is 3. The Morgan fingerprint density at radius 2 is 1.70 bits per heavy atom. The molecule has 1 atom stereocenters. The molecule has 0 aromatic heterocycles. The molecule has 0 aliphatic rings. The standard InChI is InChI=1S/C15H23NO3S/c1-5-20(18,19)16-15(17)12(4)14-8-6-13(7-9-14)10-11(2)3/h6-9,11-12H,5,10H2,1-4H3,(H,16,17)/t12-/m1/s1. The van der Waals surface area contributed by atoms with Gasteiger partial charge in [-0.25, -0.2) is 8.42 Å². The highest BCUT2D eigenvalue weighted by molar-refractivity contribution is 7.90. The molecule has 1 rings (SSSR count). The lowest BCUT2D eigenvalue weighted by molar-refractivity contribution is -0.120. The first kappa shape index (κ1) is 16.7. The van der Waals surface area contributed by atoms with Gasteiger partial charge >= 0.3 is 0 Å². The zero-order valence-corrected chi connectivity index (χ0v) is 13.3. The molecule has 0 radical (unpaired) electrons. The molecule has 0 bridgehead atoms. The van der Waals surface area contributed by atoms with E-state index in [0.29, 0.717) is 5.92 Å². The summed E-state index contributed by atoms with van der Waals surface area (Å²) < 4.78 is 24.9. The Hall–Kier alpha value is -1.36. The number of hydrogen-bond donors (Lipinski definition) is 1. The van der Waals surface area contributed by atoms with E-state index in [0.717, 1.165) is 12.0 Å². The fourth-order valence-electron chi connectivity index (χ4n) is 1.88. The number of carbonyl (C=O) groups excluding carboxylic acids is 1. The van der Waals surface area contributed by atoms with Crippen LogP contribution >= 0.6 is 0 Å². The Kier molecular flexibility index (Phi) is 5.74. The van der Waals surface area contributed by atoms with E-state index in [2.05, 4.69) is 18.6 Å². The van der Waals surface area contributed by atoms with Crippen LogP contribution in [-0.2, 0) is 21.2 Å². The van der Waals surface area contributed by atoms with Crippen molar-refractivity contribution in [3.05, 3.63) is 35.4 Å². The number of amides is 1. The molecule has 0 spiro atoms. The molecule has 0 unspecified atom stereocenters. The molecule has 0 aliphatic carbocycles. The van der Waals surface area contributed by atoms with Crippen molar-refractivity contribution >= 4 is 15.9 Å². The van der Waals surface area contributed by atoms with Crippen LogP contribution in [0, 0.1) is 5.92 Å². The van der Waals surface area contributed by atoms with Crippen molar-refractivity contribution in [3.8, 4) is 0 Å². The molecule has 4 nitrogen and oxygen atoms in total. The highest BCUT2D eigenvalue weighted by atomic mass is 32.2. The second-order valence-electron chi connectivity index (χ2n) is 5.43. The summed E-state index contributed by atoms with van der Waals surface area (Å²) in [5, 5.41) is 0. The molecule has 20 heavy (non-hydrogen) atoms. The SMILES string of the molecule is CCS(=O)(=O)NC(=O)[C@H](C)c1ccc(CC(C)C)cc1. The van der Waals surface area contributed by atoms with Crippen LogP contribution in [-0.4, -0.2) is 20.1 Å². The van der Waals surface area contributed by atoms with Gasteiger partial charge in [-0.05, 0) is 37.3 Å². The second kappa shape index (κ2) is 6.88. The largest absolute Gasteiger partial charge is 0.273 e. The third-order valence-electron chi connectivity index (χ3n) is 3.15. The Labute approximate surface area is 121 Å². The molecule has 0 fully saturated rings. The first-order valence-corrected chi connectivity index (χ1v) is 8.53. The summed E-state index contributed by atoms with van der Waals surface area (Å²) in [5.74, 6) is -0.483. The lowest BCUT2D eigenvalue weighted by Crippen LogP contribution is -2.34. The molecule has 0 saturated heterocycles. The van der Waals surface area contributed by atoms with E-state index in [1.54, 1.807) is 6.92 Å². The van der Waals surface area contributed by atoms with Gasteiger partial charge in [0.2, 0.25) is 15.9 Å². The summed E-state index contributed by atoms with van der Waals surface area (Å²) in [6, 6.07) is 7.77. The molecule has 1 N–H and O–H groups in total. The minimum atomic E-state index is -3.50. The molecular weight excluding hydrogens is 274 g/mol. The quantitative estimate of drug-likeness (QED) is 0.877. The lowest BCUT2D eigenvalue weighted by atomic mass is 9.96. The summed E-state index contributed by atoms with van der Waals surface area (Å²) in [6.45, 7) is 7.51. The van der Waals surface area contributed by atoms with Crippen molar-refractivity contribution in [1.29, 1.82) is 0 Å². The topological polar surface area (TPSA) is 63.2 Å². The van der Waals surface area contributed by atoms with E-state index in [4.69, 9.17) is 0 Å². The number of carbonyl (C=O) groups is 1. The fraction of sp³-hybridized carbons (Fsp3) is 0.533. The predicted octanol–water partition coefficient (Wildman–Crippen LogP) is 2.45. The number of nitrogens with one attached hydrogen (secondary N) is 1. The van der Waals surface area contributed by atoms with Gasteiger partial charge in [-0.15, -0.1) is 0 Å². The highest BCUT2D eigenvalue weighted by Crippen LogP contribution is 2.18. The molecular formula is C15H23NO3S. The van der Waals surface area contributed by atoms with Gasteiger partial charge in [0.1, 0.15) is 0 Å². The van der Waals surface area contributed by atoms with Gasteiger partial charge < -0.3 is 0 Å². The van der Waals surface area contributed by atoms with Crippen molar-refractivity contribution < 1.29 is 13.2 Å². The van der Waals surface area contributed by atoms with Gasteiger partial charge in [-0.2, -0.15) is 0 Å². The summed E-state index contributed by atoms with van der Waals surface area (Å²) in [6.07, 6.45) is 0.991. The Morgan fingerprint density at radius 3 is 2.15 bits per heavy atom. The lowest BCUT2D eigenvalue weighted by Gasteiger charge is -2.13. The summed E-state index contributed by atoms with van der Waals surface area (Å²) in [5.41, 5.74) is 2.04. The van der Waals surface area contributed by atoms with Gasteiger partial charge in [-0.1, -0.05) is 38.1 Å². The smallest absolute Gasteiger partial charge is 0.240 e. The van der Waals surface area contributed by atoms with E-state index in [1.165, 1.54) is 12.5 Å². The number of benzene rings is 1. The first-order valence-electron chi connectivity index (χ1n) is 6.88. The second-order valence-corrected chi connectivity index (χ2v) is 7.44. The van der Waals surface area contributed by atoms with E-state index in [-0.39, 0.29) is 5.75 Å². The van der Waals surface area contributed by atoms with Crippen molar-refractivity contribution in [2.24, 2.45) is 5.92 Å². The monoisotopic (exact) mass is 297 g/mol. The third-order valence-corrected chi connectivity index (χ3v) is 4.43. The van der Waals surface area contributed by atoms with Gasteiger partial charge in [0.25, 0.3) is 0 Å². The van der Waals surface area contributed by atoms with Crippen molar-refractivity contribution in [1.82, 2.24) is 4.72 Å². The van der Waals surface area contributed by atoms with Crippen LogP contribution in [0.1, 0.15) is 44.7 Å². The molecule has 112 valence electrons. The normalized spacial score (nSPS) is 13.2. The zero-order chi connectivity index (χ0) is 15.3. The van der Waals surface area contributed by atoms with Crippen LogP contribution in [0.25, 0.3) is 0 Å². The average Bonchev–Trinajstić information content (AvgIpc) is 2.37. The fourth-order valence-corrected chi connectivity index (χ4v) is 2.51. The zero-order valence-electron chi connectivity index (χ0n) is 12.5. The maximum absolute atomic E-state index is 11.9. The van der Waals surface area contributed by atoms with Gasteiger partial charge in [0.15, 0.2) is 0 Å². The van der Waals surface area contributed by atoms with Gasteiger partial charge in [-0.3, -0.25) is 9.52 Å². The molecule has 0 saturated carbocycles. The Bertz CT molecular complexity index is 547. The van der Waals surface area contributed by atoms with Crippen LogP contribution in [0.3, 0.4) is 0 Å². The minimum Gasteiger partial charge on any atom is -0.273 e. The summed E-state index contributed by atoms with van der Waals surface area (Å²) >= 11 is 0. The Morgan fingerprint density at radius 1 is 1.15 bits per heavy atom. The maximum atomic E-state index is 11.9. The van der Waals surface area contributed by atoms with Gasteiger partial charge in [0, 0.05) is 0 Å². The molecule has 1 amide bonds. The van der Waals surface area contributed by atoms with E-state index >= 15 is 0 Å². The van der Waals surface area contributed by atoms with Crippen molar-refractivity contribution in [2.75, 3.05) is 5.75 Å². The molecule has 0 aliphatic heterocycles.